The monoisotopic (exact) mass is 215 g/mol. The Hall–Kier alpha value is -1.82. The maximum atomic E-state index is 11.8. The van der Waals surface area contributed by atoms with Crippen molar-refractivity contribution >= 4 is 5.97 Å². The lowest BCUT2D eigenvalue weighted by molar-refractivity contribution is -0.145. The molecule has 82 valence electrons. The van der Waals surface area contributed by atoms with Crippen LogP contribution in [0, 0.1) is 11.3 Å². The lowest BCUT2D eigenvalue weighted by Gasteiger charge is -2.30. The average molecular weight is 215 g/mol. The first-order valence-corrected chi connectivity index (χ1v) is 5.32. The second-order valence-electron chi connectivity index (χ2n) is 4.02. The van der Waals surface area contributed by atoms with E-state index in [0.717, 1.165) is 24.0 Å². The van der Waals surface area contributed by atoms with Crippen molar-refractivity contribution in [3.63, 3.8) is 0 Å². The van der Waals surface area contributed by atoms with Crippen molar-refractivity contribution in [2.45, 2.75) is 24.7 Å². The number of methoxy groups -OCH3 is 1. The SMILES string of the molecule is COC(=O)C1(C#N)CCCc2ccccc21. The standard InChI is InChI=1S/C13H13NO2/c1-16-12(15)13(9-14)8-4-6-10-5-2-3-7-11(10)13/h2-3,5,7H,4,6,8H2,1H3. The number of hydrogen-bond donors (Lipinski definition) is 0. The van der Waals surface area contributed by atoms with E-state index in [1.807, 2.05) is 24.3 Å². The van der Waals surface area contributed by atoms with Gasteiger partial charge in [-0.25, -0.2) is 4.79 Å². The Bertz CT molecular complexity index is 461. The Balaban J connectivity index is 2.59. The van der Waals surface area contributed by atoms with Gasteiger partial charge in [-0.3, -0.25) is 0 Å². The molecule has 3 nitrogen and oxygen atoms in total. The molecule has 0 aliphatic heterocycles. The molecule has 0 fully saturated rings. The third-order valence-corrected chi connectivity index (χ3v) is 3.20. The Labute approximate surface area is 94.6 Å². The van der Waals surface area contributed by atoms with Crippen molar-refractivity contribution in [3.05, 3.63) is 35.4 Å². The van der Waals surface area contributed by atoms with Crippen LogP contribution in [0.4, 0.5) is 0 Å². The summed E-state index contributed by atoms with van der Waals surface area (Å²) in [4.78, 5) is 11.8. The van der Waals surface area contributed by atoms with Gasteiger partial charge in [-0.15, -0.1) is 0 Å². The number of nitrogens with zero attached hydrogens (tertiary/aromatic N) is 1. The number of esters is 1. The fraction of sp³-hybridized carbons (Fsp3) is 0.385. The van der Waals surface area contributed by atoms with Crippen LogP contribution in [-0.4, -0.2) is 13.1 Å². The van der Waals surface area contributed by atoms with Crippen molar-refractivity contribution in [3.8, 4) is 6.07 Å². The van der Waals surface area contributed by atoms with Crippen LogP contribution >= 0.6 is 0 Å². The van der Waals surface area contributed by atoms with Gasteiger partial charge in [0.15, 0.2) is 5.41 Å². The first-order valence-electron chi connectivity index (χ1n) is 5.32. The molecule has 0 aromatic heterocycles. The number of benzene rings is 1. The molecule has 3 heteroatoms. The summed E-state index contributed by atoms with van der Waals surface area (Å²) in [6.07, 6.45) is 2.32. The summed E-state index contributed by atoms with van der Waals surface area (Å²) in [5.74, 6) is -0.442. The van der Waals surface area contributed by atoms with Gasteiger partial charge in [0.25, 0.3) is 0 Å². The van der Waals surface area contributed by atoms with E-state index in [9.17, 15) is 10.1 Å². The molecule has 2 rings (SSSR count). The van der Waals surface area contributed by atoms with E-state index in [4.69, 9.17) is 4.74 Å². The smallest absolute Gasteiger partial charge is 0.330 e. The van der Waals surface area contributed by atoms with Crippen LogP contribution in [0.1, 0.15) is 24.0 Å². The molecule has 1 atom stereocenters. The Morgan fingerprint density at radius 1 is 1.50 bits per heavy atom. The molecule has 0 bridgehead atoms. The van der Waals surface area contributed by atoms with Crippen molar-refractivity contribution in [2.75, 3.05) is 7.11 Å². The van der Waals surface area contributed by atoms with Crippen LogP contribution < -0.4 is 0 Å². The molecule has 0 amide bonds. The first-order chi connectivity index (χ1) is 7.74. The predicted octanol–water partition coefficient (Wildman–Crippen LogP) is 1.96. The van der Waals surface area contributed by atoms with Crippen LogP contribution in [-0.2, 0) is 21.4 Å². The second kappa shape index (κ2) is 3.97. The lowest BCUT2D eigenvalue weighted by atomic mass is 9.71. The minimum atomic E-state index is -1.09. The number of carbonyl (C=O) groups is 1. The fourth-order valence-corrected chi connectivity index (χ4v) is 2.38. The van der Waals surface area contributed by atoms with Gasteiger partial charge in [0.05, 0.1) is 13.2 Å². The fourth-order valence-electron chi connectivity index (χ4n) is 2.38. The topological polar surface area (TPSA) is 50.1 Å². The molecule has 0 saturated carbocycles. The van der Waals surface area contributed by atoms with E-state index in [2.05, 4.69) is 6.07 Å². The molecule has 0 N–H and O–H groups in total. The summed E-state index contributed by atoms with van der Waals surface area (Å²) in [6.45, 7) is 0. The zero-order valence-electron chi connectivity index (χ0n) is 9.19. The Kier molecular flexibility index (Phi) is 2.66. The van der Waals surface area contributed by atoms with Gasteiger partial charge >= 0.3 is 5.97 Å². The van der Waals surface area contributed by atoms with Crippen molar-refractivity contribution < 1.29 is 9.53 Å². The number of nitriles is 1. The zero-order chi connectivity index (χ0) is 11.6. The molecule has 1 aliphatic carbocycles. The maximum absolute atomic E-state index is 11.8. The van der Waals surface area contributed by atoms with Crippen LogP contribution in [0.5, 0.6) is 0 Å². The second-order valence-corrected chi connectivity index (χ2v) is 4.02. The quantitative estimate of drug-likeness (QED) is 0.673. The van der Waals surface area contributed by atoms with Crippen molar-refractivity contribution in [1.82, 2.24) is 0 Å². The van der Waals surface area contributed by atoms with Crippen LogP contribution in [0.3, 0.4) is 0 Å². The number of fused-ring (bicyclic) bond motifs is 1. The third kappa shape index (κ3) is 1.38. The zero-order valence-corrected chi connectivity index (χ0v) is 9.19. The van der Waals surface area contributed by atoms with Crippen LogP contribution in [0.25, 0.3) is 0 Å². The van der Waals surface area contributed by atoms with Crippen molar-refractivity contribution in [2.24, 2.45) is 0 Å². The summed E-state index contributed by atoms with van der Waals surface area (Å²) < 4.78 is 4.78. The van der Waals surface area contributed by atoms with Gasteiger partial charge in [0.1, 0.15) is 0 Å². The summed E-state index contributed by atoms with van der Waals surface area (Å²) in [5.41, 5.74) is 0.806. The Morgan fingerprint density at radius 2 is 2.25 bits per heavy atom. The number of carbonyl (C=O) groups excluding carboxylic acids is 1. The van der Waals surface area contributed by atoms with Gasteiger partial charge in [-0.1, -0.05) is 24.3 Å². The molecule has 0 spiro atoms. The normalized spacial score (nSPS) is 23.0. The maximum Gasteiger partial charge on any atom is 0.330 e. The van der Waals surface area contributed by atoms with E-state index < -0.39 is 11.4 Å². The van der Waals surface area contributed by atoms with E-state index in [0.29, 0.717) is 6.42 Å². The van der Waals surface area contributed by atoms with Gasteiger partial charge in [0, 0.05) is 0 Å². The van der Waals surface area contributed by atoms with E-state index in [1.54, 1.807) is 0 Å². The number of aryl methyl sites for hydroxylation is 1. The third-order valence-electron chi connectivity index (χ3n) is 3.20. The average Bonchev–Trinajstić information content (AvgIpc) is 2.37. The van der Waals surface area contributed by atoms with E-state index >= 15 is 0 Å². The highest BCUT2D eigenvalue weighted by Gasteiger charge is 2.44. The van der Waals surface area contributed by atoms with Crippen LogP contribution in [0.2, 0.25) is 0 Å². The molecule has 1 aromatic carbocycles. The summed E-state index contributed by atoms with van der Waals surface area (Å²) in [5, 5.41) is 9.34. The molecule has 0 radical (unpaired) electrons. The van der Waals surface area contributed by atoms with E-state index in [1.165, 1.54) is 7.11 Å². The molecule has 16 heavy (non-hydrogen) atoms. The Morgan fingerprint density at radius 3 is 2.94 bits per heavy atom. The molecule has 0 saturated heterocycles. The number of rotatable bonds is 1. The van der Waals surface area contributed by atoms with E-state index in [-0.39, 0.29) is 0 Å². The van der Waals surface area contributed by atoms with Gasteiger partial charge in [0.2, 0.25) is 0 Å². The summed E-state index contributed by atoms with van der Waals surface area (Å²) in [6, 6.07) is 9.78. The molecule has 1 unspecified atom stereocenters. The van der Waals surface area contributed by atoms with Gasteiger partial charge in [-0.05, 0) is 30.4 Å². The van der Waals surface area contributed by atoms with Gasteiger partial charge < -0.3 is 4.74 Å². The number of hydrogen-bond acceptors (Lipinski definition) is 3. The summed E-state index contributed by atoms with van der Waals surface area (Å²) in [7, 11) is 1.33. The first kappa shape index (κ1) is 10.7. The molecular formula is C13H13NO2. The van der Waals surface area contributed by atoms with Crippen LogP contribution in [0.15, 0.2) is 24.3 Å². The summed E-state index contributed by atoms with van der Waals surface area (Å²) >= 11 is 0. The molecule has 1 aromatic rings. The predicted molar refractivity (Wildman–Crippen MR) is 58.7 cm³/mol. The molecular weight excluding hydrogens is 202 g/mol. The highest BCUT2D eigenvalue weighted by atomic mass is 16.5. The minimum absolute atomic E-state index is 0.442. The highest BCUT2D eigenvalue weighted by molar-refractivity contribution is 5.87. The van der Waals surface area contributed by atoms with Gasteiger partial charge in [-0.2, -0.15) is 5.26 Å². The molecule has 1 aliphatic rings. The molecule has 0 heterocycles. The number of ether oxygens (including phenoxy) is 1. The minimum Gasteiger partial charge on any atom is -0.468 e. The van der Waals surface area contributed by atoms with Crippen molar-refractivity contribution in [1.29, 1.82) is 5.26 Å². The lowest BCUT2D eigenvalue weighted by Crippen LogP contribution is -2.38. The largest absolute Gasteiger partial charge is 0.468 e. The highest BCUT2D eigenvalue weighted by Crippen LogP contribution is 2.37.